The first-order valence-corrected chi connectivity index (χ1v) is 5.56. The Morgan fingerprint density at radius 2 is 1.81 bits per heavy atom. The third kappa shape index (κ3) is 3.27. The average Bonchev–Trinajstić information content (AvgIpc) is 2.22. The molecule has 16 heavy (non-hydrogen) atoms. The van der Waals surface area contributed by atoms with Crippen molar-refractivity contribution in [2.45, 2.75) is 34.1 Å². The van der Waals surface area contributed by atoms with Crippen molar-refractivity contribution in [2.24, 2.45) is 5.41 Å². The number of ether oxygens (including phenoxy) is 1. The van der Waals surface area contributed by atoms with Gasteiger partial charge < -0.3 is 4.74 Å². The van der Waals surface area contributed by atoms with Crippen molar-refractivity contribution in [3.05, 3.63) is 29.3 Å². The van der Waals surface area contributed by atoms with Gasteiger partial charge in [-0.15, -0.1) is 0 Å². The summed E-state index contributed by atoms with van der Waals surface area (Å²) < 4.78 is 5.75. The predicted octanol–water partition coefficient (Wildman–Crippen LogP) is 3.62. The summed E-state index contributed by atoms with van der Waals surface area (Å²) in [4.78, 5) is 0. The molecule has 0 atom stereocenters. The van der Waals surface area contributed by atoms with Crippen molar-refractivity contribution in [1.82, 2.24) is 0 Å². The molecular formula is C14H19NO. The van der Waals surface area contributed by atoms with Gasteiger partial charge in [-0.05, 0) is 45.2 Å². The molecule has 1 aromatic carbocycles. The fourth-order valence-electron chi connectivity index (χ4n) is 1.49. The molecule has 0 heterocycles. The Labute approximate surface area is 97.9 Å². The number of aryl methyl sites for hydroxylation is 2. The molecule has 0 aliphatic carbocycles. The van der Waals surface area contributed by atoms with E-state index in [9.17, 15) is 0 Å². The zero-order chi connectivity index (χ0) is 12.2. The van der Waals surface area contributed by atoms with Gasteiger partial charge in [0.2, 0.25) is 0 Å². The SMILES string of the molecule is Cc1cccc(C)c1OCCC(C)(C)C#N. The molecule has 0 saturated heterocycles. The Bertz CT molecular complexity index is 381. The third-order valence-corrected chi connectivity index (χ3v) is 2.68. The second-order valence-electron chi connectivity index (χ2n) is 4.82. The van der Waals surface area contributed by atoms with E-state index in [4.69, 9.17) is 10.00 Å². The van der Waals surface area contributed by atoms with E-state index < -0.39 is 0 Å². The first kappa shape index (κ1) is 12.6. The summed E-state index contributed by atoms with van der Waals surface area (Å²) in [5, 5.41) is 8.89. The lowest BCUT2D eigenvalue weighted by Crippen LogP contribution is -2.13. The fraction of sp³-hybridized carbons (Fsp3) is 0.500. The van der Waals surface area contributed by atoms with Crippen LogP contribution in [0.4, 0.5) is 0 Å². The van der Waals surface area contributed by atoms with E-state index in [2.05, 4.69) is 6.07 Å². The van der Waals surface area contributed by atoms with Gasteiger partial charge in [-0.3, -0.25) is 0 Å². The van der Waals surface area contributed by atoms with Crippen LogP contribution in [0.1, 0.15) is 31.4 Å². The van der Waals surface area contributed by atoms with Crippen LogP contribution in [0.2, 0.25) is 0 Å². The van der Waals surface area contributed by atoms with Crippen LogP contribution >= 0.6 is 0 Å². The Balaban J connectivity index is 2.60. The number of nitrogens with zero attached hydrogens (tertiary/aromatic N) is 1. The predicted molar refractivity (Wildman–Crippen MR) is 65.4 cm³/mol. The molecule has 1 aromatic rings. The van der Waals surface area contributed by atoms with Crippen LogP contribution in [0.25, 0.3) is 0 Å². The molecule has 0 bridgehead atoms. The smallest absolute Gasteiger partial charge is 0.125 e. The van der Waals surface area contributed by atoms with Crippen LogP contribution in [0, 0.1) is 30.6 Å². The fourth-order valence-corrected chi connectivity index (χ4v) is 1.49. The summed E-state index contributed by atoms with van der Waals surface area (Å²) in [5.41, 5.74) is 1.99. The largest absolute Gasteiger partial charge is 0.493 e. The van der Waals surface area contributed by atoms with Gasteiger partial charge in [0, 0.05) is 0 Å². The lowest BCUT2D eigenvalue weighted by molar-refractivity contribution is 0.261. The van der Waals surface area contributed by atoms with Crippen LogP contribution in [0.5, 0.6) is 5.75 Å². The van der Waals surface area contributed by atoms with Gasteiger partial charge in [0.15, 0.2) is 0 Å². The van der Waals surface area contributed by atoms with Crippen LogP contribution < -0.4 is 4.74 Å². The maximum absolute atomic E-state index is 8.89. The third-order valence-electron chi connectivity index (χ3n) is 2.68. The van der Waals surface area contributed by atoms with Crippen LogP contribution in [0.15, 0.2) is 18.2 Å². The van der Waals surface area contributed by atoms with Gasteiger partial charge in [0.25, 0.3) is 0 Å². The molecule has 0 saturated carbocycles. The number of nitriles is 1. The normalized spacial score (nSPS) is 10.9. The van der Waals surface area contributed by atoms with Gasteiger partial charge in [-0.2, -0.15) is 5.26 Å². The van der Waals surface area contributed by atoms with Gasteiger partial charge in [-0.25, -0.2) is 0 Å². The second-order valence-corrected chi connectivity index (χ2v) is 4.82. The molecule has 2 heteroatoms. The minimum Gasteiger partial charge on any atom is -0.493 e. The topological polar surface area (TPSA) is 33.0 Å². The molecule has 0 unspecified atom stereocenters. The Kier molecular flexibility index (Phi) is 3.95. The monoisotopic (exact) mass is 217 g/mol. The van der Waals surface area contributed by atoms with Crippen molar-refractivity contribution in [1.29, 1.82) is 5.26 Å². The van der Waals surface area contributed by atoms with Crippen molar-refractivity contribution in [3.63, 3.8) is 0 Å². The summed E-state index contributed by atoms with van der Waals surface area (Å²) in [6.45, 7) is 8.53. The highest BCUT2D eigenvalue weighted by molar-refractivity contribution is 5.39. The van der Waals surface area contributed by atoms with E-state index in [0.29, 0.717) is 6.61 Å². The maximum Gasteiger partial charge on any atom is 0.125 e. The summed E-state index contributed by atoms with van der Waals surface area (Å²) in [5.74, 6) is 0.955. The molecule has 1 rings (SSSR count). The van der Waals surface area contributed by atoms with Gasteiger partial charge in [-0.1, -0.05) is 18.2 Å². The molecule has 0 aliphatic heterocycles. The van der Waals surface area contributed by atoms with E-state index in [-0.39, 0.29) is 5.41 Å². The molecule has 0 N–H and O–H groups in total. The van der Waals surface area contributed by atoms with Crippen molar-refractivity contribution < 1.29 is 4.74 Å². The van der Waals surface area contributed by atoms with E-state index in [1.54, 1.807) is 0 Å². The van der Waals surface area contributed by atoms with E-state index >= 15 is 0 Å². The maximum atomic E-state index is 8.89. The zero-order valence-corrected chi connectivity index (χ0v) is 10.5. The number of rotatable bonds is 4. The average molecular weight is 217 g/mol. The second kappa shape index (κ2) is 5.03. The Morgan fingerprint density at radius 3 is 2.31 bits per heavy atom. The zero-order valence-electron chi connectivity index (χ0n) is 10.5. The van der Waals surface area contributed by atoms with E-state index in [1.807, 2.05) is 45.9 Å². The molecule has 0 fully saturated rings. The molecule has 0 amide bonds. The standard InChI is InChI=1S/C14H19NO/c1-11-6-5-7-12(2)13(11)16-9-8-14(3,4)10-15/h5-7H,8-9H2,1-4H3. The lowest BCUT2D eigenvalue weighted by Gasteiger charge is -2.17. The first-order chi connectivity index (χ1) is 7.46. The minimum absolute atomic E-state index is 0.309. The van der Waals surface area contributed by atoms with Crippen LogP contribution in [-0.4, -0.2) is 6.61 Å². The highest BCUT2D eigenvalue weighted by Gasteiger charge is 2.16. The van der Waals surface area contributed by atoms with E-state index in [0.717, 1.165) is 23.3 Å². The van der Waals surface area contributed by atoms with Gasteiger partial charge in [0.1, 0.15) is 5.75 Å². The number of hydrogen-bond acceptors (Lipinski definition) is 2. The van der Waals surface area contributed by atoms with Crippen LogP contribution in [-0.2, 0) is 0 Å². The molecule has 2 nitrogen and oxygen atoms in total. The summed E-state index contributed by atoms with van der Waals surface area (Å²) >= 11 is 0. The van der Waals surface area contributed by atoms with Crippen molar-refractivity contribution in [3.8, 4) is 11.8 Å². The number of benzene rings is 1. The van der Waals surface area contributed by atoms with E-state index in [1.165, 1.54) is 0 Å². The van der Waals surface area contributed by atoms with Gasteiger partial charge in [0.05, 0.1) is 18.1 Å². The summed E-state index contributed by atoms with van der Waals surface area (Å²) in [7, 11) is 0. The number of hydrogen-bond donors (Lipinski definition) is 0. The quantitative estimate of drug-likeness (QED) is 0.771. The van der Waals surface area contributed by atoms with Crippen molar-refractivity contribution >= 4 is 0 Å². The molecular weight excluding hydrogens is 198 g/mol. The van der Waals surface area contributed by atoms with Gasteiger partial charge >= 0.3 is 0 Å². The summed E-state index contributed by atoms with van der Waals surface area (Å²) in [6.07, 6.45) is 0.747. The first-order valence-electron chi connectivity index (χ1n) is 5.56. The summed E-state index contributed by atoms with van der Waals surface area (Å²) in [6, 6.07) is 8.38. The Hall–Kier alpha value is -1.49. The highest BCUT2D eigenvalue weighted by Crippen LogP contribution is 2.24. The lowest BCUT2D eigenvalue weighted by atomic mass is 9.92. The minimum atomic E-state index is -0.309. The highest BCUT2D eigenvalue weighted by atomic mass is 16.5. The molecule has 0 aromatic heterocycles. The Morgan fingerprint density at radius 1 is 1.25 bits per heavy atom. The van der Waals surface area contributed by atoms with Crippen LogP contribution in [0.3, 0.4) is 0 Å². The van der Waals surface area contributed by atoms with Crippen molar-refractivity contribution in [2.75, 3.05) is 6.61 Å². The number of para-hydroxylation sites is 1. The molecule has 0 spiro atoms. The molecule has 0 radical (unpaired) electrons. The molecule has 0 aliphatic rings. The molecule has 86 valence electrons.